The fourth-order valence-electron chi connectivity index (χ4n) is 6.52. The van der Waals surface area contributed by atoms with Crippen LogP contribution in [0, 0.1) is 0 Å². The first-order valence-electron chi connectivity index (χ1n) is 23.6. The molecule has 57 heavy (non-hydrogen) atoms. The van der Waals surface area contributed by atoms with E-state index in [0.717, 1.165) is 51.4 Å². The van der Waals surface area contributed by atoms with E-state index >= 15 is 0 Å². The van der Waals surface area contributed by atoms with Gasteiger partial charge in [0.1, 0.15) is 19.8 Å². The second-order valence-corrected chi connectivity index (χ2v) is 18.6. The van der Waals surface area contributed by atoms with Crippen LogP contribution < -0.4 is 0 Å². The number of esters is 2. The smallest absolute Gasteiger partial charge is 0.462 e. The lowest BCUT2D eigenvalue weighted by Crippen LogP contribution is -2.37. The van der Waals surface area contributed by atoms with Crippen molar-refractivity contribution in [2.24, 2.45) is 0 Å². The topological polar surface area (TPSA) is 108 Å². The molecule has 0 bridgehead atoms. The lowest BCUT2D eigenvalue weighted by atomic mass is 10.0. The van der Waals surface area contributed by atoms with Crippen LogP contribution in [0.3, 0.4) is 0 Å². The number of hydrogen-bond acceptors (Lipinski definition) is 7. The lowest BCUT2D eigenvalue weighted by molar-refractivity contribution is -0.870. The van der Waals surface area contributed by atoms with Gasteiger partial charge in [0.15, 0.2) is 6.10 Å². The van der Waals surface area contributed by atoms with Crippen molar-refractivity contribution in [3.8, 4) is 0 Å². The number of phosphoric ester groups is 1. The SMILES string of the molecule is CCCCC/C=C\C/C=C\CCCCCCCCCC(=O)O[C@H](COC(=O)CCCCCCCCCCCCCCCCCC)COP(=O)(O)OCC[N+](C)(C)C. The predicted molar refractivity (Wildman–Crippen MR) is 238 cm³/mol. The molecular weight excluding hydrogens is 737 g/mol. The molecule has 0 aromatic heterocycles. The number of ether oxygens (including phenoxy) is 2. The number of carbonyl (C=O) groups excluding carboxylic acids is 2. The number of nitrogens with zero attached hydrogens (tertiary/aromatic N) is 1. The van der Waals surface area contributed by atoms with Crippen molar-refractivity contribution in [1.29, 1.82) is 0 Å². The first-order valence-corrected chi connectivity index (χ1v) is 25.1. The van der Waals surface area contributed by atoms with Gasteiger partial charge in [0, 0.05) is 12.8 Å². The molecule has 0 aliphatic carbocycles. The van der Waals surface area contributed by atoms with Crippen LogP contribution in [0.1, 0.15) is 213 Å². The molecule has 0 aromatic carbocycles. The van der Waals surface area contributed by atoms with Crippen molar-refractivity contribution in [3.63, 3.8) is 0 Å². The molecule has 0 fully saturated rings. The average Bonchev–Trinajstić information content (AvgIpc) is 3.16. The largest absolute Gasteiger partial charge is 0.472 e. The van der Waals surface area contributed by atoms with Gasteiger partial charge in [-0.2, -0.15) is 0 Å². The molecule has 0 rings (SSSR count). The van der Waals surface area contributed by atoms with Crippen LogP contribution in [0.15, 0.2) is 24.3 Å². The molecule has 0 amide bonds. The highest BCUT2D eigenvalue weighted by Crippen LogP contribution is 2.43. The number of hydrogen-bond donors (Lipinski definition) is 1. The summed E-state index contributed by atoms with van der Waals surface area (Å²) in [5, 5.41) is 0. The minimum absolute atomic E-state index is 0.0319. The van der Waals surface area contributed by atoms with Gasteiger partial charge in [0.05, 0.1) is 27.7 Å². The van der Waals surface area contributed by atoms with Crippen LogP contribution in [0.2, 0.25) is 0 Å². The molecule has 1 unspecified atom stereocenters. The van der Waals surface area contributed by atoms with E-state index in [-0.39, 0.29) is 25.6 Å². The highest BCUT2D eigenvalue weighted by atomic mass is 31.2. The number of allylic oxidation sites excluding steroid dienone is 4. The summed E-state index contributed by atoms with van der Waals surface area (Å²) in [6, 6.07) is 0. The van der Waals surface area contributed by atoms with Crippen LogP contribution in [-0.2, 0) is 32.7 Å². The summed E-state index contributed by atoms with van der Waals surface area (Å²) in [5.41, 5.74) is 0. The Labute approximate surface area is 351 Å². The van der Waals surface area contributed by atoms with Crippen molar-refractivity contribution in [2.75, 3.05) is 47.5 Å². The summed E-state index contributed by atoms with van der Waals surface area (Å²) < 4.78 is 34.4. The van der Waals surface area contributed by atoms with Gasteiger partial charge in [-0.1, -0.05) is 179 Å². The summed E-state index contributed by atoms with van der Waals surface area (Å²) in [4.78, 5) is 35.4. The lowest BCUT2D eigenvalue weighted by Gasteiger charge is -2.24. The molecule has 0 saturated carbocycles. The maximum atomic E-state index is 12.7. The van der Waals surface area contributed by atoms with Crippen LogP contribution in [-0.4, -0.2) is 74.9 Å². The first kappa shape index (κ1) is 55.5. The maximum Gasteiger partial charge on any atom is 0.472 e. The van der Waals surface area contributed by atoms with Crippen molar-refractivity contribution in [1.82, 2.24) is 0 Å². The average molecular weight is 829 g/mol. The quantitative estimate of drug-likeness (QED) is 0.0213. The molecule has 336 valence electrons. The molecule has 10 heteroatoms. The monoisotopic (exact) mass is 829 g/mol. The summed E-state index contributed by atoms with van der Waals surface area (Å²) in [6.45, 7) is 4.41. The molecule has 0 heterocycles. The van der Waals surface area contributed by atoms with Gasteiger partial charge in [0.25, 0.3) is 0 Å². The van der Waals surface area contributed by atoms with Gasteiger partial charge in [0.2, 0.25) is 0 Å². The zero-order chi connectivity index (χ0) is 42.1. The second kappa shape index (κ2) is 39.9. The Bertz CT molecular complexity index is 1030. The van der Waals surface area contributed by atoms with Crippen molar-refractivity contribution in [2.45, 2.75) is 219 Å². The number of carbonyl (C=O) groups is 2. The number of rotatable bonds is 43. The number of unbranched alkanes of at least 4 members (excludes halogenated alkanes) is 25. The van der Waals surface area contributed by atoms with Gasteiger partial charge < -0.3 is 18.9 Å². The Hall–Kier alpha value is -1.51. The maximum absolute atomic E-state index is 12.7. The molecule has 0 radical (unpaired) electrons. The van der Waals surface area contributed by atoms with E-state index < -0.39 is 26.5 Å². The van der Waals surface area contributed by atoms with E-state index in [1.54, 1.807) is 0 Å². The Morgan fingerprint density at radius 1 is 0.544 bits per heavy atom. The third-order valence-corrected chi connectivity index (χ3v) is 11.2. The van der Waals surface area contributed by atoms with Gasteiger partial charge >= 0.3 is 19.8 Å². The van der Waals surface area contributed by atoms with Gasteiger partial charge in [-0.3, -0.25) is 18.6 Å². The molecule has 2 atom stereocenters. The summed E-state index contributed by atoms with van der Waals surface area (Å²) >= 11 is 0. The fourth-order valence-corrected chi connectivity index (χ4v) is 7.26. The van der Waals surface area contributed by atoms with Crippen LogP contribution in [0.25, 0.3) is 0 Å². The zero-order valence-corrected chi connectivity index (χ0v) is 38.7. The van der Waals surface area contributed by atoms with Crippen LogP contribution in [0.4, 0.5) is 0 Å². The fraction of sp³-hybridized carbons (Fsp3) is 0.872. The van der Waals surface area contributed by atoms with E-state index in [2.05, 4.69) is 38.2 Å². The van der Waals surface area contributed by atoms with Crippen LogP contribution in [0.5, 0.6) is 0 Å². The third kappa shape index (κ3) is 43.9. The molecule has 9 nitrogen and oxygen atoms in total. The first-order chi connectivity index (χ1) is 27.5. The van der Waals surface area contributed by atoms with Gasteiger partial charge in [-0.15, -0.1) is 0 Å². The van der Waals surface area contributed by atoms with E-state index in [4.69, 9.17) is 18.5 Å². The van der Waals surface area contributed by atoms with E-state index in [0.29, 0.717) is 23.9 Å². The standard InChI is InChI=1S/C47H90NO8P/c1-6-8-10-12-14-16-18-20-22-24-26-28-30-32-34-36-38-40-47(50)56-45(44-55-57(51,52)54-42-41-48(3,4)5)43-53-46(49)39-37-35-33-31-29-27-25-23-21-19-17-15-13-11-9-7-2/h14,16,20,22,45H,6-13,15,17-19,21,23-44H2,1-5H3/p+1/b16-14-,22-20-/t45-/m1/s1. The Morgan fingerprint density at radius 2 is 0.947 bits per heavy atom. The van der Waals surface area contributed by atoms with Crippen molar-refractivity contribution in [3.05, 3.63) is 24.3 Å². The number of likely N-dealkylation sites (N-methyl/N-ethyl adjacent to an activating group) is 1. The molecule has 0 aliphatic rings. The molecular formula is C47H91NO8P+. The number of phosphoric acid groups is 1. The molecule has 0 spiro atoms. The highest BCUT2D eigenvalue weighted by molar-refractivity contribution is 7.47. The van der Waals surface area contributed by atoms with Gasteiger partial charge in [-0.05, 0) is 44.9 Å². The molecule has 0 aromatic rings. The molecule has 0 aliphatic heterocycles. The summed E-state index contributed by atoms with van der Waals surface area (Å²) in [7, 11) is 1.48. The van der Waals surface area contributed by atoms with E-state index in [1.165, 1.54) is 128 Å². The summed E-state index contributed by atoms with van der Waals surface area (Å²) in [5.74, 6) is -0.798. The molecule has 1 N–H and O–H groups in total. The van der Waals surface area contributed by atoms with Crippen molar-refractivity contribution >= 4 is 19.8 Å². The highest BCUT2D eigenvalue weighted by Gasteiger charge is 2.27. The predicted octanol–water partition coefficient (Wildman–Crippen LogP) is 13.5. The second-order valence-electron chi connectivity index (χ2n) is 17.1. The summed E-state index contributed by atoms with van der Waals surface area (Å²) in [6.07, 6.45) is 43.6. The minimum Gasteiger partial charge on any atom is -0.462 e. The Kier molecular flexibility index (Phi) is 38.9. The van der Waals surface area contributed by atoms with Gasteiger partial charge in [-0.25, -0.2) is 4.57 Å². The Balaban J connectivity index is 4.31. The number of quaternary nitrogens is 1. The molecule has 0 saturated heterocycles. The zero-order valence-electron chi connectivity index (χ0n) is 37.8. The third-order valence-electron chi connectivity index (χ3n) is 10.2. The Morgan fingerprint density at radius 3 is 1.42 bits per heavy atom. The minimum atomic E-state index is -4.37. The van der Waals surface area contributed by atoms with E-state index in [9.17, 15) is 19.0 Å². The van der Waals surface area contributed by atoms with Crippen molar-refractivity contribution < 1.29 is 42.1 Å². The van der Waals surface area contributed by atoms with E-state index in [1.807, 2.05) is 21.1 Å². The normalized spacial score (nSPS) is 13.7. The van der Waals surface area contributed by atoms with Crippen LogP contribution >= 0.6 is 7.82 Å².